The zero-order chi connectivity index (χ0) is 10.8. The zero-order valence-electron chi connectivity index (χ0n) is 9.42. The molecule has 14 heavy (non-hydrogen) atoms. The highest BCUT2D eigenvalue weighted by atomic mass is 16.1. The van der Waals surface area contributed by atoms with Crippen molar-refractivity contribution < 1.29 is 4.79 Å². The lowest BCUT2D eigenvalue weighted by Gasteiger charge is -2.36. The molecular formula is C13H20O. The van der Waals surface area contributed by atoms with Crippen molar-refractivity contribution in [1.29, 1.82) is 0 Å². The largest absolute Gasteiger partial charge is 0.303 e. The molecule has 1 aliphatic rings. The molecule has 0 saturated heterocycles. The second kappa shape index (κ2) is 3.72. The lowest BCUT2D eigenvalue weighted by atomic mass is 9.66. The van der Waals surface area contributed by atoms with Crippen LogP contribution >= 0.6 is 0 Å². The highest BCUT2D eigenvalue weighted by molar-refractivity contribution is 5.61. The molecule has 0 spiro atoms. The molecule has 0 aromatic rings. The van der Waals surface area contributed by atoms with Gasteiger partial charge < -0.3 is 4.79 Å². The molecular weight excluding hydrogens is 172 g/mol. The van der Waals surface area contributed by atoms with Gasteiger partial charge in [-0.05, 0) is 24.2 Å². The van der Waals surface area contributed by atoms with E-state index in [1.54, 1.807) is 6.08 Å². The first-order chi connectivity index (χ1) is 6.48. The number of hydrogen-bond donors (Lipinski definition) is 0. The molecule has 2 atom stereocenters. The molecule has 0 aromatic heterocycles. The van der Waals surface area contributed by atoms with Gasteiger partial charge in [-0.15, -0.1) is 0 Å². The van der Waals surface area contributed by atoms with Crippen LogP contribution in [0.4, 0.5) is 0 Å². The average molecular weight is 192 g/mol. The van der Waals surface area contributed by atoms with Crippen LogP contribution in [0.15, 0.2) is 24.8 Å². The summed E-state index contributed by atoms with van der Waals surface area (Å²) < 4.78 is 0. The fourth-order valence-corrected chi connectivity index (χ4v) is 2.32. The van der Waals surface area contributed by atoms with E-state index < -0.39 is 0 Å². The molecule has 78 valence electrons. The van der Waals surface area contributed by atoms with E-state index >= 15 is 0 Å². The number of allylic oxidation sites excluding steroid dienone is 3. The van der Waals surface area contributed by atoms with Crippen LogP contribution in [0.1, 0.15) is 33.6 Å². The molecule has 1 nitrogen and oxygen atoms in total. The Morgan fingerprint density at radius 1 is 1.36 bits per heavy atom. The summed E-state index contributed by atoms with van der Waals surface area (Å²) in [5, 5.41) is 0. The maximum Gasteiger partial charge on any atom is 0.126 e. The van der Waals surface area contributed by atoms with E-state index in [9.17, 15) is 4.79 Å². The average Bonchev–Trinajstić information content (AvgIpc) is 2.37. The monoisotopic (exact) mass is 192 g/mol. The quantitative estimate of drug-likeness (QED) is 0.495. The van der Waals surface area contributed by atoms with Crippen LogP contribution in [-0.2, 0) is 4.79 Å². The van der Waals surface area contributed by atoms with Gasteiger partial charge in [-0.1, -0.05) is 45.6 Å². The van der Waals surface area contributed by atoms with Crippen LogP contribution in [0.3, 0.4) is 0 Å². The van der Waals surface area contributed by atoms with Gasteiger partial charge in [0.2, 0.25) is 0 Å². The van der Waals surface area contributed by atoms with Crippen molar-refractivity contribution in [2.45, 2.75) is 33.6 Å². The first kappa shape index (κ1) is 11.2. The maximum absolute atomic E-state index is 11.1. The molecule has 1 fully saturated rings. The highest BCUT2D eigenvalue weighted by Gasteiger charge is 2.50. The van der Waals surface area contributed by atoms with Crippen molar-refractivity contribution in [2.75, 3.05) is 0 Å². The lowest BCUT2D eigenvalue weighted by Crippen LogP contribution is -2.34. The van der Waals surface area contributed by atoms with Gasteiger partial charge in [-0.3, -0.25) is 0 Å². The van der Waals surface area contributed by atoms with E-state index in [0.29, 0.717) is 5.92 Å². The SMILES string of the molecule is C=C/C=C/C1CCC(C)(C=O)C1(C)C. The lowest BCUT2D eigenvalue weighted by molar-refractivity contribution is -0.120. The highest BCUT2D eigenvalue weighted by Crippen LogP contribution is 2.55. The summed E-state index contributed by atoms with van der Waals surface area (Å²) in [6, 6.07) is 0. The fraction of sp³-hybridized carbons (Fsp3) is 0.615. The van der Waals surface area contributed by atoms with Gasteiger partial charge in [0.05, 0.1) is 0 Å². The molecule has 1 heteroatoms. The van der Waals surface area contributed by atoms with Crippen molar-refractivity contribution in [3.8, 4) is 0 Å². The molecule has 0 aliphatic heterocycles. The van der Waals surface area contributed by atoms with Crippen LogP contribution in [0.25, 0.3) is 0 Å². The predicted molar refractivity (Wildman–Crippen MR) is 60.0 cm³/mol. The Hall–Kier alpha value is -0.850. The van der Waals surface area contributed by atoms with E-state index in [4.69, 9.17) is 0 Å². The van der Waals surface area contributed by atoms with E-state index in [0.717, 1.165) is 19.1 Å². The number of hydrogen-bond acceptors (Lipinski definition) is 1. The second-order valence-electron chi connectivity index (χ2n) is 5.02. The van der Waals surface area contributed by atoms with Crippen LogP contribution in [-0.4, -0.2) is 6.29 Å². The number of rotatable bonds is 3. The predicted octanol–water partition coefficient (Wildman–Crippen LogP) is 3.37. The summed E-state index contributed by atoms with van der Waals surface area (Å²) >= 11 is 0. The third-order valence-corrected chi connectivity index (χ3v) is 4.11. The first-order valence-corrected chi connectivity index (χ1v) is 5.23. The van der Waals surface area contributed by atoms with Gasteiger partial charge >= 0.3 is 0 Å². The van der Waals surface area contributed by atoms with Crippen LogP contribution in [0.2, 0.25) is 0 Å². The van der Waals surface area contributed by atoms with Crippen molar-refractivity contribution in [2.24, 2.45) is 16.7 Å². The molecule has 1 aliphatic carbocycles. The fourth-order valence-electron chi connectivity index (χ4n) is 2.32. The summed E-state index contributed by atoms with van der Waals surface area (Å²) in [6.07, 6.45) is 9.20. The molecule has 1 saturated carbocycles. The van der Waals surface area contributed by atoms with Crippen molar-refractivity contribution in [3.63, 3.8) is 0 Å². The summed E-state index contributed by atoms with van der Waals surface area (Å²) in [6.45, 7) is 10.1. The van der Waals surface area contributed by atoms with Gasteiger partial charge in [-0.25, -0.2) is 0 Å². The van der Waals surface area contributed by atoms with Gasteiger partial charge in [-0.2, -0.15) is 0 Å². The topological polar surface area (TPSA) is 17.1 Å². The van der Waals surface area contributed by atoms with Gasteiger partial charge in [0.25, 0.3) is 0 Å². The number of carbonyl (C=O) groups is 1. The Bertz CT molecular complexity index is 262. The third-order valence-electron chi connectivity index (χ3n) is 4.11. The standard InChI is InChI=1S/C13H20O/c1-5-6-7-11-8-9-13(4,10-14)12(11,2)3/h5-7,10-11H,1,8-9H2,2-4H3/b7-6+. The Kier molecular flexibility index (Phi) is 2.98. The summed E-state index contributed by atoms with van der Waals surface area (Å²) in [5.74, 6) is 0.496. The molecule has 0 amide bonds. The molecule has 2 unspecified atom stereocenters. The van der Waals surface area contributed by atoms with Crippen molar-refractivity contribution in [1.82, 2.24) is 0 Å². The zero-order valence-corrected chi connectivity index (χ0v) is 9.42. The van der Waals surface area contributed by atoms with E-state index in [-0.39, 0.29) is 10.8 Å². The summed E-state index contributed by atoms with van der Waals surface area (Å²) in [4.78, 5) is 11.1. The molecule has 0 bridgehead atoms. The van der Waals surface area contributed by atoms with Gasteiger partial charge in [0.1, 0.15) is 6.29 Å². The number of aldehydes is 1. The Morgan fingerprint density at radius 3 is 2.43 bits per heavy atom. The van der Waals surface area contributed by atoms with E-state index in [1.807, 2.05) is 6.08 Å². The van der Waals surface area contributed by atoms with Crippen LogP contribution in [0.5, 0.6) is 0 Å². The minimum absolute atomic E-state index is 0.0637. The third kappa shape index (κ3) is 1.56. The van der Waals surface area contributed by atoms with Gasteiger partial charge in [0, 0.05) is 5.41 Å². The minimum Gasteiger partial charge on any atom is -0.303 e. The maximum atomic E-state index is 11.1. The van der Waals surface area contributed by atoms with E-state index in [1.165, 1.54) is 0 Å². The molecule has 0 aromatic carbocycles. The van der Waals surface area contributed by atoms with Crippen molar-refractivity contribution in [3.05, 3.63) is 24.8 Å². The number of carbonyl (C=O) groups excluding carboxylic acids is 1. The second-order valence-corrected chi connectivity index (χ2v) is 5.02. The smallest absolute Gasteiger partial charge is 0.126 e. The molecule has 0 heterocycles. The minimum atomic E-state index is -0.164. The normalized spacial score (nSPS) is 36.1. The molecule has 0 radical (unpaired) electrons. The van der Waals surface area contributed by atoms with Crippen LogP contribution in [0, 0.1) is 16.7 Å². The van der Waals surface area contributed by atoms with Crippen molar-refractivity contribution >= 4 is 6.29 Å². The van der Waals surface area contributed by atoms with E-state index in [2.05, 4.69) is 33.4 Å². The van der Waals surface area contributed by atoms with Crippen LogP contribution < -0.4 is 0 Å². The Labute approximate surface area is 86.9 Å². The molecule has 1 rings (SSSR count). The Morgan fingerprint density at radius 2 is 2.00 bits per heavy atom. The summed E-state index contributed by atoms with van der Waals surface area (Å²) in [5.41, 5.74) is -0.0998. The summed E-state index contributed by atoms with van der Waals surface area (Å²) in [7, 11) is 0. The Balaban J connectivity index is 2.91. The first-order valence-electron chi connectivity index (χ1n) is 5.23. The van der Waals surface area contributed by atoms with Gasteiger partial charge in [0.15, 0.2) is 0 Å². The molecule has 0 N–H and O–H groups in total.